The number of para-hydroxylation sites is 1. The maximum atomic E-state index is 12.8. The van der Waals surface area contributed by atoms with E-state index in [2.05, 4.69) is 15.6 Å². The topological polar surface area (TPSA) is 82.2 Å². The highest BCUT2D eigenvalue weighted by molar-refractivity contribution is 6.04. The molecule has 2 aromatic heterocycles. The van der Waals surface area contributed by atoms with E-state index >= 15 is 0 Å². The Balaban J connectivity index is 2.00. The first kappa shape index (κ1) is 17.9. The van der Waals surface area contributed by atoms with Crippen LogP contribution in [0.2, 0.25) is 0 Å². The second-order valence-electron chi connectivity index (χ2n) is 5.97. The van der Waals surface area contributed by atoms with E-state index in [1.807, 2.05) is 44.2 Å². The normalized spacial score (nSPS) is 10.9. The van der Waals surface area contributed by atoms with Crippen LogP contribution < -0.4 is 5.32 Å². The summed E-state index contributed by atoms with van der Waals surface area (Å²) < 4.78 is 12.1. The molecular weight excluding hydrogens is 332 g/mol. The molecular formula is C19H22N4O3. The van der Waals surface area contributed by atoms with Gasteiger partial charge in [0.05, 0.1) is 23.6 Å². The average molecular weight is 354 g/mol. The fourth-order valence-corrected chi connectivity index (χ4v) is 2.83. The summed E-state index contributed by atoms with van der Waals surface area (Å²) in [5.74, 6) is 0.846. The zero-order chi connectivity index (χ0) is 18.7. The number of nitrogens with one attached hydrogen (secondary N) is 1. The van der Waals surface area contributed by atoms with Gasteiger partial charge >= 0.3 is 0 Å². The lowest BCUT2D eigenvalue weighted by Gasteiger charge is -2.09. The first-order chi connectivity index (χ1) is 12.6. The van der Waals surface area contributed by atoms with Crippen molar-refractivity contribution in [3.05, 3.63) is 58.6 Å². The summed E-state index contributed by atoms with van der Waals surface area (Å²) in [7, 11) is 1.57. The van der Waals surface area contributed by atoms with E-state index in [0.29, 0.717) is 17.1 Å². The lowest BCUT2D eigenvalue weighted by molar-refractivity contribution is 0.101. The van der Waals surface area contributed by atoms with Crippen molar-refractivity contribution in [2.45, 2.75) is 33.8 Å². The molecule has 0 aliphatic heterocycles. The number of methoxy groups -OCH3 is 1. The Morgan fingerprint density at radius 3 is 2.65 bits per heavy atom. The van der Waals surface area contributed by atoms with E-state index < -0.39 is 0 Å². The van der Waals surface area contributed by atoms with Gasteiger partial charge < -0.3 is 14.6 Å². The van der Waals surface area contributed by atoms with Crippen LogP contribution in [0.15, 0.2) is 34.9 Å². The molecule has 1 amide bonds. The third-order valence-corrected chi connectivity index (χ3v) is 4.28. The summed E-state index contributed by atoms with van der Waals surface area (Å²) in [4.78, 5) is 12.8. The number of nitrogens with zero attached hydrogens (tertiary/aromatic N) is 3. The number of ether oxygens (including phenoxy) is 1. The summed E-state index contributed by atoms with van der Waals surface area (Å²) in [6.07, 6.45) is 0.770. The molecule has 1 N–H and O–H groups in total. The molecule has 0 spiro atoms. The highest BCUT2D eigenvalue weighted by atomic mass is 16.5. The Morgan fingerprint density at radius 1 is 1.27 bits per heavy atom. The van der Waals surface area contributed by atoms with Gasteiger partial charge in [-0.1, -0.05) is 30.3 Å². The van der Waals surface area contributed by atoms with Gasteiger partial charge in [-0.2, -0.15) is 5.10 Å². The number of anilines is 1. The zero-order valence-corrected chi connectivity index (χ0v) is 15.4. The zero-order valence-electron chi connectivity index (χ0n) is 15.4. The first-order valence-corrected chi connectivity index (χ1v) is 8.46. The van der Waals surface area contributed by atoms with E-state index in [4.69, 9.17) is 9.26 Å². The molecule has 0 atom stereocenters. The third-order valence-electron chi connectivity index (χ3n) is 4.28. The minimum atomic E-state index is -0.350. The maximum Gasteiger partial charge on any atom is 0.279 e. The van der Waals surface area contributed by atoms with Crippen molar-refractivity contribution in [1.82, 2.24) is 14.9 Å². The number of aromatic nitrogens is 3. The molecule has 0 aliphatic carbocycles. The lowest BCUT2D eigenvalue weighted by atomic mass is 10.2. The molecule has 2 heterocycles. The molecule has 0 saturated heterocycles. The minimum absolute atomic E-state index is 0.225. The maximum absolute atomic E-state index is 12.8. The van der Waals surface area contributed by atoms with Crippen LogP contribution in [-0.4, -0.2) is 28.0 Å². The molecule has 0 radical (unpaired) electrons. The van der Waals surface area contributed by atoms with Crippen LogP contribution in [0.1, 0.15) is 40.0 Å². The van der Waals surface area contributed by atoms with E-state index in [1.165, 1.54) is 0 Å². The number of hydrogen-bond donors (Lipinski definition) is 1. The largest absolute Gasteiger partial charge is 0.380 e. The molecule has 0 fully saturated rings. The number of amides is 1. The highest BCUT2D eigenvalue weighted by Crippen LogP contribution is 2.25. The molecule has 7 nitrogen and oxygen atoms in total. The number of carbonyl (C=O) groups is 1. The molecule has 136 valence electrons. The van der Waals surface area contributed by atoms with E-state index in [1.54, 1.807) is 18.7 Å². The number of rotatable bonds is 6. The van der Waals surface area contributed by atoms with E-state index in [-0.39, 0.29) is 18.2 Å². The van der Waals surface area contributed by atoms with Gasteiger partial charge in [-0.3, -0.25) is 4.79 Å². The standard InChI is InChI=1S/C19H22N4O3/c1-5-16-12(2)18(23(21-16)14-9-7-6-8-10-14)20-19(24)17-15(11-25-4)13(3)26-22-17/h6-10H,5,11H2,1-4H3,(H,20,24). The van der Waals surface area contributed by atoms with E-state index in [9.17, 15) is 4.79 Å². The summed E-state index contributed by atoms with van der Waals surface area (Å²) in [5, 5.41) is 11.5. The van der Waals surface area contributed by atoms with Gasteiger partial charge in [-0.25, -0.2) is 4.68 Å². The van der Waals surface area contributed by atoms with E-state index in [0.717, 1.165) is 23.4 Å². The number of benzene rings is 1. The molecule has 3 rings (SSSR count). The molecule has 3 aromatic rings. The number of hydrogen-bond acceptors (Lipinski definition) is 5. The molecule has 7 heteroatoms. The smallest absolute Gasteiger partial charge is 0.279 e. The second kappa shape index (κ2) is 7.53. The molecule has 0 bridgehead atoms. The minimum Gasteiger partial charge on any atom is -0.380 e. The summed E-state index contributed by atoms with van der Waals surface area (Å²) in [6.45, 7) is 6.00. The van der Waals surface area contributed by atoms with Crippen molar-refractivity contribution < 1.29 is 14.1 Å². The lowest BCUT2D eigenvalue weighted by Crippen LogP contribution is -2.18. The van der Waals surface area contributed by atoms with Crippen LogP contribution >= 0.6 is 0 Å². The second-order valence-corrected chi connectivity index (χ2v) is 5.97. The van der Waals surface area contributed by atoms with Crippen LogP contribution in [0.3, 0.4) is 0 Å². The summed E-state index contributed by atoms with van der Waals surface area (Å²) in [5.41, 5.74) is 3.60. The fourth-order valence-electron chi connectivity index (χ4n) is 2.83. The molecule has 0 saturated carbocycles. The van der Waals surface area contributed by atoms with Crippen molar-refractivity contribution >= 4 is 11.7 Å². The molecule has 0 aliphatic rings. The SMILES string of the molecule is CCc1nn(-c2ccccc2)c(NC(=O)c2noc(C)c2COC)c1C. The van der Waals surface area contributed by atoms with Gasteiger partial charge in [0.15, 0.2) is 5.69 Å². The Morgan fingerprint density at radius 2 is 2.00 bits per heavy atom. The van der Waals surface area contributed by atoms with Crippen molar-refractivity contribution in [2.24, 2.45) is 0 Å². The third kappa shape index (κ3) is 3.25. The average Bonchev–Trinajstić information content (AvgIpc) is 3.17. The molecule has 0 unspecified atom stereocenters. The van der Waals surface area contributed by atoms with Gasteiger partial charge in [0, 0.05) is 12.7 Å². The fraction of sp³-hybridized carbons (Fsp3) is 0.316. The first-order valence-electron chi connectivity index (χ1n) is 8.46. The predicted molar refractivity (Wildman–Crippen MR) is 97.6 cm³/mol. The van der Waals surface area contributed by atoms with Crippen molar-refractivity contribution in [1.29, 1.82) is 0 Å². The molecule has 1 aromatic carbocycles. The van der Waals surface area contributed by atoms with Gasteiger partial charge in [0.1, 0.15) is 11.6 Å². The summed E-state index contributed by atoms with van der Waals surface area (Å²) in [6, 6.07) is 9.69. The number of aryl methyl sites for hydroxylation is 2. The van der Waals surface area contributed by atoms with Crippen LogP contribution in [0.5, 0.6) is 0 Å². The quantitative estimate of drug-likeness (QED) is 0.733. The van der Waals surface area contributed by atoms with Crippen LogP contribution in [0, 0.1) is 13.8 Å². The summed E-state index contributed by atoms with van der Waals surface area (Å²) >= 11 is 0. The van der Waals surface area contributed by atoms with Gasteiger partial charge in [-0.15, -0.1) is 0 Å². The van der Waals surface area contributed by atoms with Gasteiger partial charge in [0.25, 0.3) is 5.91 Å². The Kier molecular flexibility index (Phi) is 5.18. The Labute approximate surface area is 151 Å². The predicted octanol–water partition coefficient (Wildman–Crippen LogP) is 3.44. The monoisotopic (exact) mass is 354 g/mol. The van der Waals surface area contributed by atoms with Crippen molar-refractivity contribution in [2.75, 3.05) is 12.4 Å². The Hall–Kier alpha value is -2.93. The number of carbonyl (C=O) groups excluding carboxylic acids is 1. The van der Waals surface area contributed by atoms with Gasteiger partial charge in [0.2, 0.25) is 0 Å². The van der Waals surface area contributed by atoms with Crippen molar-refractivity contribution in [3.8, 4) is 5.69 Å². The van der Waals surface area contributed by atoms with Crippen LogP contribution in [-0.2, 0) is 17.8 Å². The molecule has 26 heavy (non-hydrogen) atoms. The van der Waals surface area contributed by atoms with Crippen molar-refractivity contribution in [3.63, 3.8) is 0 Å². The Bertz CT molecular complexity index is 913. The van der Waals surface area contributed by atoms with Gasteiger partial charge in [-0.05, 0) is 32.4 Å². The highest BCUT2D eigenvalue weighted by Gasteiger charge is 2.23. The van der Waals surface area contributed by atoms with Crippen LogP contribution in [0.25, 0.3) is 5.69 Å². The van der Waals surface area contributed by atoms with Crippen LogP contribution in [0.4, 0.5) is 5.82 Å².